The maximum Gasteiger partial charge on any atom is 0.228 e. The first kappa shape index (κ1) is 13.4. The predicted molar refractivity (Wildman–Crippen MR) is 77.0 cm³/mol. The van der Waals surface area contributed by atoms with Gasteiger partial charge in [0.05, 0.1) is 0 Å². The molecule has 0 unspecified atom stereocenters. The van der Waals surface area contributed by atoms with Crippen LogP contribution < -0.4 is 0 Å². The molecule has 0 aromatic heterocycles. The summed E-state index contributed by atoms with van der Waals surface area (Å²) in [6, 6.07) is 1.34. The largest absolute Gasteiger partial charge is 0.341 e. The molecule has 0 aromatic rings. The summed E-state index contributed by atoms with van der Waals surface area (Å²) >= 11 is 0. The number of carbonyl (C=O) groups excluding carboxylic acids is 1. The molecule has 1 amide bonds. The van der Waals surface area contributed by atoms with Crippen LogP contribution in [0, 0.1) is 5.41 Å². The first-order valence-corrected chi connectivity index (χ1v) is 8.11. The first-order valence-electron chi connectivity index (χ1n) is 8.11. The third kappa shape index (κ3) is 2.42. The van der Waals surface area contributed by atoms with Crippen LogP contribution in [-0.2, 0) is 4.79 Å². The number of nitrogens with zero attached hydrogens (tertiary/aromatic N) is 2. The Morgan fingerprint density at radius 2 is 1.74 bits per heavy atom. The van der Waals surface area contributed by atoms with Crippen LogP contribution in [0.4, 0.5) is 0 Å². The van der Waals surface area contributed by atoms with Crippen LogP contribution in [0.15, 0.2) is 0 Å². The molecule has 0 aromatic carbocycles. The van der Waals surface area contributed by atoms with E-state index < -0.39 is 0 Å². The van der Waals surface area contributed by atoms with Gasteiger partial charge in [-0.05, 0) is 39.2 Å². The van der Waals surface area contributed by atoms with E-state index in [0.717, 1.165) is 32.0 Å². The Hall–Kier alpha value is -0.570. The molecule has 108 valence electrons. The van der Waals surface area contributed by atoms with Crippen molar-refractivity contribution in [1.29, 1.82) is 0 Å². The van der Waals surface area contributed by atoms with Gasteiger partial charge in [0.25, 0.3) is 0 Å². The van der Waals surface area contributed by atoms with Crippen molar-refractivity contribution in [2.24, 2.45) is 5.41 Å². The number of hydrogen-bond acceptors (Lipinski definition) is 2. The van der Waals surface area contributed by atoms with Crippen LogP contribution in [0.25, 0.3) is 0 Å². The van der Waals surface area contributed by atoms with Crippen LogP contribution in [0.2, 0.25) is 0 Å². The molecule has 2 atom stereocenters. The normalized spacial score (nSPS) is 35.2. The minimum Gasteiger partial charge on any atom is -0.341 e. The van der Waals surface area contributed by atoms with Gasteiger partial charge in [-0.3, -0.25) is 9.69 Å². The fraction of sp³-hybridized carbons (Fsp3) is 0.938. The summed E-state index contributed by atoms with van der Waals surface area (Å²) in [6.45, 7) is 4.17. The maximum absolute atomic E-state index is 12.9. The molecule has 19 heavy (non-hydrogen) atoms. The van der Waals surface area contributed by atoms with E-state index in [1.54, 1.807) is 0 Å². The highest BCUT2D eigenvalue weighted by molar-refractivity contribution is 5.82. The zero-order chi connectivity index (χ0) is 13.5. The number of carbonyl (C=O) groups is 1. The van der Waals surface area contributed by atoms with Crippen molar-refractivity contribution in [2.75, 3.05) is 20.1 Å². The van der Waals surface area contributed by atoms with Crippen molar-refractivity contribution in [1.82, 2.24) is 9.80 Å². The van der Waals surface area contributed by atoms with Crippen LogP contribution in [0.3, 0.4) is 0 Å². The van der Waals surface area contributed by atoms with E-state index in [2.05, 4.69) is 23.8 Å². The smallest absolute Gasteiger partial charge is 0.228 e. The van der Waals surface area contributed by atoms with E-state index in [-0.39, 0.29) is 5.41 Å². The summed E-state index contributed by atoms with van der Waals surface area (Å²) in [5, 5.41) is 0. The molecule has 0 radical (unpaired) electrons. The second-order valence-corrected chi connectivity index (χ2v) is 7.21. The topological polar surface area (TPSA) is 23.6 Å². The lowest BCUT2D eigenvalue weighted by atomic mass is 9.74. The number of likely N-dealkylation sites (N-methyl/N-ethyl adjacent to an activating group) is 1. The highest BCUT2D eigenvalue weighted by Crippen LogP contribution is 2.38. The number of fused-ring (bicyclic) bond motifs is 2. The van der Waals surface area contributed by atoms with Crippen molar-refractivity contribution in [3.63, 3.8) is 0 Å². The van der Waals surface area contributed by atoms with E-state index in [9.17, 15) is 4.79 Å². The molecule has 0 spiro atoms. The Morgan fingerprint density at radius 3 is 2.47 bits per heavy atom. The molecule has 0 N–H and O–H groups in total. The van der Waals surface area contributed by atoms with E-state index in [1.807, 2.05) is 0 Å². The quantitative estimate of drug-likeness (QED) is 0.727. The summed E-state index contributed by atoms with van der Waals surface area (Å²) in [5.41, 5.74) is -0.0552. The molecular formula is C16H28N2O. The van der Waals surface area contributed by atoms with E-state index in [1.165, 1.54) is 38.5 Å². The van der Waals surface area contributed by atoms with Crippen molar-refractivity contribution >= 4 is 5.91 Å². The van der Waals surface area contributed by atoms with Crippen LogP contribution >= 0.6 is 0 Å². The van der Waals surface area contributed by atoms with Gasteiger partial charge in [-0.15, -0.1) is 0 Å². The Kier molecular flexibility index (Phi) is 3.59. The second kappa shape index (κ2) is 5.08. The van der Waals surface area contributed by atoms with Gasteiger partial charge in [0.15, 0.2) is 0 Å². The standard InChI is InChI=1S/C16H28N2O/c1-16(9-4-3-5-10-16)15(19)18-11-8-13-6-7-14(12-18)17(13)2/h13-14H,3-12H2,1-2H3/t13-,14+/m0/s1. The van der Waals surface area contributed by atoms with Crippen molar-refractivity contribution < 1.29 is 4.79 Å². The van der Waals surface area contributed by atoms with Gasteiger partial charge in [-0.2, -0.15) is 0 Å². The van der Waals surface area contributed by atoms with Crippen molar-refractivity contribution in [2.45, 2.75) is 70.4 Å². The van der Waals surface area contributed by atoms with E-state index in [4.69, 9.17) is 0 Å². The molecular weight excluding hydrogens is 236 g/mol. The van der Waals surface area contributed by atoms with Crippen LogP contribution in [-0.4, -0.2) is 47.9 Å². The fourth-order valence-electron chi connectivity index (χ4n) is 4.42. The average Bonchev–Trinajstić information content (AvgIpc) is 2.63. The SMILES string of the molecule is CN1[C@H]2CC[C@@H]1CN(C(=O)C1(C)CCCCC1)CC2. The highest BCUT2D eigenvalue weighted by Gasteiger charge is 2.41. The molecule has 2 aliphatic heterocycles. The summed E-state index contributed by atoms with van der Waals surface area (Å²) in [5.74, 6) is 0.452. The van der Waals surface area contributed by atoms with Gasteiger partial charge >= 0.3 is 0 Å². The van der Waals surface area contributed by atoms with E-state index >= 15 is 0 Å². The molecule has 3 heteroatoms. The van der Waals surface area contributed by atoms with Crippen molar-refractivity contribution in [3.05, 3.63) is 0 Å². The number of rotatable bonds is 1. The first-order chi connectivity index (χ1) is 9.10. The zero-order valence-electron chi connectivity index (χ0n) is 12.5. The molecule has 1 saturated carbocycles. The van der Waals surface area contributed by atoms with Crippen molar-refractivity contribution in [3.8, 4) is 0 Å². The van der Waals surface area contributed by atoms with Gasteiger partial charge < -0.3 is 4.90 Å². The third-order valence-corrected chi connectivity index (χ3v) is 5.91. The summed E-state index contributed by atoms with van der Waals surface area (Å²) in [7, 11) is 2.25. The summed E-state index contributed by atoms with van der Waals surface area (Å²) < 4.78 is 0. The van der Waals surface area contributed by atoms with Gasteiger partial charge in [0.2, 0.25) is 5.91 Å². The Labute approximate surface area is 117 Å². The summed E-state index contributed by atoms with van der Waals surface area (Å²) in [6.07, 6.45) is 9.79. The highest BCUT2D eigenvalue weighted by atomic mass is 16.2. The van der Waals surface area contributed by atoms with Gasteiger partial charge in [-0.1, -0.05) is 26.2 Å². The third-order valence-electron chi connectivity index (χ3n) is 5.91. The van der Waals surface area contributed by atoms with E-state index in [0.29, 0.717) is 11.9 Å². The molecule has 2 heterocycles. The van der Waals surface area contributed by atoms with Crippen LogP contribution in [0.5, 0.6) is 0 Å². The van der Waals surface area contributed by atoms with Gasteiger partial charge in [0.1, 0.15) is 0 Å². The molecule has 3 fully saturated rings. The van der Waals surface area contributed by atoms with Gasteiger partial charge in [0, 0.05) is 30.6 Å². The molecule has 3 rings (SSSR count). The number of amides is 1. The Balaban J connectivity index is 1.70. The Morgan fingerprint density at radius 1 is 1.05 bits per heavy atom. The number of likely N-dealkylation sites (tertiary alicyclic amines) is 1. The predicted octanol–water partition coefficient (Wildman–Crippen LogP) is 2.65. The lowest BCUT2D eigenvalue weighted by Gasteiger charge is -2.38. The monoisotopic (exact) mass is 264 g/mol. The molecule has 2 bridgehead atoms. The average molecular weight is 264 g/mol. The second-order valence-electron chi connectivity index (χ2n) is 7.21. The molecule has 3 aliphatic rings. The summed E-state index contributed by atoms with van der Waals surface area (Å²) in [4.78, 5) is 17.6. The van der Waals surface area contributed by atoms with Gasteiger partial charge in [-0.25, -0.2) is 0 Å². The molecule has 2 saturated heterocycles. The minimum atomic E-state index is -0.0552. The maximum atomic E-state index is 12.9. The lowest BCUT2D eigenvalue weighted by Crippen LogP contribution is -2.47. The molecule has 1 aliphatic carbocycles. The lowest BCUT2D eigenvalue weighted by molar-refractivity contribution is -0.143. The Bertz CT molecular complexity index is 349. The van der Waals surface area contributed by atoms with Crippen LogP contribution in [0.1, 0.15) is 58.3 Å². The number of hydrogen-bond donors (Lipinski definition) is 0. The minimum absolute atomic E-state index is 0.0552. The zero-order valence-corrected chi connectivity index (χ0v) is 12.5. The fourth-order valence-corrected chi connectivity index (χ4v) is 4.42. The molecule has 3 nitrogen and oxygen atoms in total.